The van der Waals surface area contributed by atoms with Gasteiger partial charge >= 0.3 is 5.97 Å². The first-order valence-corrected chi connectivity index (χ1v) is 9.02. The lowest BCUT2D eigenvalue weighted by Gasteiger charge is -2.53. The third-order valence-corrected chi connectivity index (χ3v) is 5.84. The minimum Gasteiger partial charge on any atom is -0.477 e. The smallest absolute Gasteiger partial charge is 0.352 e. The third kappa shape index (κ3) is 2.67. The molecule has 12 heteroatoms. The molecule has 0 saturated carbocycles. The third-order valence-electron chi connectivity index (χ3n) is 3.81. The van der Waals surface area contributed by atoms with Crippen molar-refractivity contribution in [2.45, 2.75) is 10.9 Å². The highest BCUT2D eigenvalue weighted by molar-refractivity contribution is 8.00. The molecule has 1 saturated heterocycles. The Hall–Kier alpha value is -2.70. The van der Waals surface area contributed by atoms with Crippen LogP contribution in [-0.4, -0.2) is 55.5 Å². The number of oxime groups is 1. The lowest BCUT2D eigenvalue weighted by Crippen LogP contribution is -2.81. The number of aliphatic carboxylic acids is 1. The number of carbonyl (C=O) groups is 3. The van der Waals surface area contributed by atoms with E-state index < -0.39 is 28.6 Å². The van der Waals surface area contributed by atoms with Crippen LogP contribution in [0.25, 0.3) is 0 Å². The van der Waals surface area contributed by atoms with Gasteiger partial charge in [-0.25, -0.2) is 4.79 Å². The second kappa shape index (κ2) is 6.55. The van der Waals surface area contributed by atoms with Crippen LogP contribution in [0.15, 0.2) is 34.5 Å². The maximum Gasteiger partial charge on any atom is 0.352 e. The molecule has 26 heavy (non-hydrogen) atoms. The number of ketones is 1. The van der Waals surface area contributed by atoms with Crippen LogP contribution in [0, 0.1) is 0 Å². The van der Waals surface area contributed by atoms with Gasteiger partial charge < -0.3 is 21.4 Å². The Labute approximate surface area is 155 Å². The number of thiazole rings is 1. The molecule has 2 atom stereocenters. The SMILES string of the molecule is C=CC1=C(C(=O)O)N2C(=O)C(N)(C(=O)C=NOc3csc(N)n3)[C@@H]2SC1. The van der Waals surface area contributed by atoms with Crippen molar-refractivity contribution in [3.63, 3.8) is 0 Å². The highest BCUT2D eigenvalue weighted by Gasteiger charge is 2.66. The number of aromatic nitrogens is 1. The molecule has 0 aromatic carbocycles. The number of allylic oxidation sites excluding steroid dienone is 1. The molecule has 10 nitrogen and oxygen atoms in total. The summed E-state index contributed by atoms with van der Waals surface area (Å²) in [5, 5.41) is 13.7. The van der Waals surface area contributed by atoms with Gasteiger partial charge in [-0.2, -0.15) is 4.98 Å². The normalized spacial score (nSPS) is 25.0. The van der Waals surface area contributed by atoms with Crippen molar-refractivity contribution in [3.8, 4) is 5.88 Å². The number of anilines is 1. The van der Waals surface area contributed by atoms with Gasteiger partial charge in [-0.15, -0.1) is 23.1 Å². The number of fused-ring (bicyclic) bond motifs is 1. The van der Waals surface area contributed by atoms with Gasteiger partial charge in [-0.3, -0.25) is 14.5 Å². The van der Waals surface area contributed by atoms with E-state index in [0.717, 1.165) is 22.5 Å². The standard InChI is InChI=1S/C14H13N5O5S2/c1-2-6-4-25-12-14(16,11(23)19(12)9(6)10(21)22)7(20)3-17-24-8-5-26-13(15)18-8/h2-3,5,12H,1,4,16H2,(H2,15,18)(H,21,22)/t12-,14?/m0/s1. The molecular weight excluding hydrogens is 382 g/mol. The predicted octanol–water partition coefficient (Wildman–Crippen LogP) is -0.204. The molecule has 136 valence electrons. The Morgan fingerprint density at radius 2 is 2.31 bits per heavy atom. The van der Waals surface area contributed by atoms with Gasteiger partial charge in [0.2, 0.25) is 5.78 Å². The molecule has 0 spiro atoms. The van der Waals surface area contributed by atoms with Gasteiger partial charge in [0.1, 0.15) is 17.3 Å². The van der Waals surface area contributed by atoms with E-state index >= 15 is 0 Å². The molecule has 0 bridgehead atoms. The van der Waals surface area contributed by atoms with Gasteiger partial charge in [-0.05, 0) is 5.57 Å². The predicted molar refractivity (Wildman–Crippen MR) is 95.5 cm³/mol. The van der Waals surface area contributed by atoms with E-state index in [4.69, 9.17) is 16.3 Å². The first kappa shape index (κ1) is 18.1. The van der Waals surface area contributed by atoms with Gasteiger partial charge in [0.05, 0.1) is 5.38 Å². The van der Waals surface area contributed by atoms with Gasteiger partial charge in [0.15, 0.2) is 10.7 Å². The number of β-lactam (4-membered cyclic amide) rings is 1. The fourth-order valence-electron chi connectivity index (χ4n) is 2.54. The van der Waals surface area contributed by atoms with Gasteiger partial charge in [0.25, 0.3) is 11.8 Å². The van der Waals surface area contributed by atoms with Crippen LogP contribution in [0.2, 0.25) is 0 Å². The number of carboxylic acids is 1. The van der Waals surface area contributed by atoms with Crippen molar-refractivity contribution in [3.05, 3.63) is 29.3 Å². The highest BCUT2D eigenvalue weighted by Crippen LogP contribution is 2.45. The summed E-state index contributed by atoms with van der Waals surface area (Å²) < 4.78 is 0. The molecule has 1 fully saturated rings. The molecule has 2 aliphatic rings. The van der Waals surface area contributed by atoms with Crippen molar-refractivity contribution < 1.29 is 24.3 Å². The molecule has 2 aliphatic heterocycles. The number of nitrogens with two attached hydrogens (primary N) is 2. The van der Waals surface area contributed by atoms with Crippen molar-refractivity contribution in [1.82, 2.24) is 9.88 Å². The van der Waals surface area contributed by atoms with E-state index in [1.165, 1.54) is 23.2 Å². The quantitative estimate of drug-likeness (QED) is 0.256. The van der Waals surface area contributed by atoms with Gasteiger partial charge in [0, 0.05) is 5.75 Å². The molecule has 3 heterocycles. The summed E-state index contributed by atoms with van der Waals surface area (Å²) >= 11 is 2.31. The Bertz CT molecular complexity index is 879. The summed E-state index contributed by atoms with van der Waals surface area (Å²) in [6, 6.07) is 0. The number of hydrogen-bond donors (Lipinski definition) is 3. The summed E-state index contributed by atoms with van der Waals surface area (Å²) in [5.41, 5.74) is 9.70. The molecule has 1 aromatic rings. The topological polar surface area (TPSA) is 161 Å². The molecule has 1 amide bonds. The number of hydrogen-bond acceptors (Lipinski definition) is 10. The van der Waals surface area contributed by atoms with Crippen LogP contribution in [0.5, 0.6) is 5.88 Å². The summed E-state index contributed by atoms with van der Waals surface area (Å²) in [4.78, 5) is 46.0. The largest absolute Gasteiger partial charge is 0.477 e. The van der Waals surface area contributed by atoms with E-state index in [2.05, 4.69) is 16.7 Å². The van der Waals surface area contributed by atoms with Crippen molar-refractivity contribution in [1.29, 1.82) is 0 Å². The molecule has 1 unspecified atom stereocenters. The van der Waals surface area contributed by atoms with Crippen molar-refractivity contribution in [2.75, 3.05) is 11.5 Å². The zero-order valence-electron chi connectivity index (χ0n) is 13.1. The average molecular weight is 395 g/mol. The Morgan fingerprint density at radius 3 is 2.88 bits per heavy atom. The number of rotatable bonds is 6. The van der Waals surface area contributed by atoms with Crippen LogP contribution in [0.3, 0.4) is 0 Å². The van der Waals surface area contributed by atoms with E-state index in [-0.39, 0.29) is 22.5 Å². The fourth-order valence-corrected chi connectivity index (χ4v) is 4.42. The van der Waals surface area contributed by atoms with Crippen LogP contribution < -0.4 is 16.3 Å². The summed E-state index contributed by atoms with van der Waals surface area (Å²) in [6.07, 6.45) is 2.14. The highest BCUT2D eigenvalue weighted by atomic mass is 32.2. The van der Waals surface area contributed by atoms with E-state index in [1.807, 2.05) is 0 Å². The number of carbonyl (C=O) groups excluding carboxylic acids is 2. The maximum absolute atomic E-state index is 12.5. The molecule has 0 radical (unpaired) electrons. The lowest BCUT2D eigenvalue weighted by atomic mass is 9.83. The summed E-state index contributed by atoms with van der Waals surface area (Å²) in [6.45, 7) is 3.55. The number of thioether (sulfide) groups is 1. The van der Waals surface area contributed by atoms with E-state index in [0.29, 0.717) is 5.57 Å². The molecule has 5 N–H and O–H groups in total. The maximum atomic E-state index is 12.5. The minimum absolute atomic E-state index is 0.1000. The van der Waals surface area contributed by atoms with E-state index in [1.54, 1.807) is 0 Å². The summed E-state index contributed by atoms with van der Waals surface area (Å²) in [7, 11) is 0. The first-order chi connectivity index (χ1) is 12.3. The summed E-state index contributed by atoms with van der Waals surface area (Å²) in [5.74, 6) is -2.54. The molecule has 0 aliphatic carbocycles. The van der Waals surface area contributed by atoms with Crippen LogP contribution in [0.1, 0.15) is 0 Å². The van der Waals surface area contributed by atoms with Crippen LogP contribution in [0.4, 0.5) is 5.13 Å². The number of Topliss-reactive ketones (excluding diaryl/α,β-unsaturated/α-hetero) is 1. The molecule has 3 rings (SSSR count). The second-order valence-electron chi connectivity index (χ2n) is 5.30. The average Bonchev–Trinajstić information content (AvgIpc) is 3.04. The number of nitrogens with zero attached hydrogens (tertiary/aromatic N) is 3. The zero-order valence-corrected chi connectivity index (χ0v) is 14.7. The number of amides is 1. The van der Waals surface area contributed by atoms with E-state index in [9.17, 15) is 19.5 Å². The van der Waals surface area contributed by atoms with Crippen LogP contribution >= 0.6 is 23.1 Å². The van der Waals surface area contributed by atoms with Crippen molar-refractivity contribution >= 4 is 52.1 Å². The Kier molecular flexibility index (Phi) is 4.56. The number of nitrogen functional groups attached to an aromatic ring is 1. The minimum atomic E-state index is -1.91. The molecular formula is C14H13N5O5S2. The first-order valence-electron chi connectivity index (χ1n) is 7.09. The number of carboxylic acid groups (broad SMARTS) is 1. The van der Waals surface area contributed by atoms with Crippen molar-refractivity contribution in [2.24, 2.45) is 10.9 Å². The molecule has 1 aromatic heterocycles. The second-order valence-corrected chi connectivity index (χ2v) is 7.26. The monoisotopic (exact) mass is 395 g/mol. The van der Waals surface area contributed by atoms with Gasteiger partial charge in [-0.1, -0.05) is 17.8 Å². The lowest BCUT2D eigenvalue weighted by molar-refractivity contribution is -0.157. The zero-order chi connectivity index (χ0) is 19.1. The Balaban J connectivity index is 1.78. The fraction of sp³-hybridized carbons (Fsp3) is 0.214. The van der Waals surface area contributed by atoms with Crippen LogP contribution in [-0.2, 0) is 14.4 Å². The Morgan fingerprint density at radius 1 is 1.58 bits per heavy atom.